The lowest BCUT2D eigenvalue weighted by atomic mass is 10.2. The lowest BCUT2D eigenvalue weighted by molar-refractivity contribution is 0.127. The minimum absolute atomic E-state index is 0.200. The lowest BCUT2D eigenvalue weighted by Gasteiger charge is -2.08. The van der Waals surface area contributed by atoms with E-state index in [0.29, 0.717) is 12.5 Å². The minimum Gasteiger partial charge on any atom is -0.391 e. The van der Waals surface area contributed by atoms with Crippen LogP contribution in [0.4, 0.5) is 0 Å². The number of rotatable bonds is 4. The van der Waals surface area contributed by atoms with Gasteiger partial charge < -0.3 is 5.11 Å². The van der Waals surface area contributed by atoms with Gasteiger partial charge in [-0.1, -0.05) is 0 Å². The molecule has 0 radical (unpaired) electrons. The zero-order valence-electron chi connectivity index (χ0n) is 8.50. The number of aliphatic hydroxyl groups excluding tert-OH is 1. The predicted octanol–water partition coefficient (Wildman–Crippen LogP) is 0.0575. The third kappa shape index (κ3) is 2.57. The number of aromatic nitrogens is 2. The summed E-state index contributed by atoms with van der Waals surface area (Å²) in [6, 6.07) is 0. The molecule has 2 rings (SSSR count). The highest BCUT2D eigenvalue weighted by molar-refractivity contribution is 7.90. The van der Waals surface area contributed by atoms with E-state index in [4.69, 9.17) is 0 Å². The summed E-state index contributed by atoms with van der Waals surface area (Å²) in [5, 5.41) is 13.6. The normalized spacial score (nSPS) is 19.1. The third-order valence-corrected chi connectivity index (χ3v) is 3.65. The molecule has 15 heavy (non-hydrogen) atoms. The van der Waals surface area contributed by atoms with Gasteiger partial charge in [0.25, 0.3) is 0 Å². The highest BCUT2D eigenvalue weighted by atomic mass is 32.2. The van der Waals surface area contributed by atoms with Crippen molar-refractivity contribution < 1.29 is 13.5 Å². The van der Waals surface area contributed by atoms with Gasteiger partial charge in [-0.05, 0) is 18.8 Å². The quantitative estimate of drug-likeness (QED) is 0.793. The van der Waals surface area contributed by atoms with Gasteiger partial charge in [-0.15, -0.1) is 0 Å². The first-order valence-electron chi connectivity index (χ1n) is 4.87. The number of aliphatic hydroxyl groups is 1. The SMILES string of the molecule is CS(=O)(=O)c1cnn(CC(O)C2CC2)c1. The van der Waals surface area contributed by atoms with Crippen LogP contribution in [0.1, 0.15) is 12.8 Å². The molecule has 0 aromatic carbocycles. The molecule has 5 nitrogen and oxygen atoms in total. The predicted molar refractivity (Wildman–Crippen MR) is 54.1 cm³/mol. The first kappa shape index (κ1) is 10.6. The molecule has 1 fully saturated rings. The Bertz CT molecular complexity index is 448. The topological polar surface area (TPSA) is 72.2 Å². The van der Waals surface area contributed by atoms with E-state index in [1.54, 1.807) is 0 Å². The molecule has 84 valence electrons. The Morgan fingerprint density at radius 2 is 2.33 bits per heavy atom. The summed E-state index contributed by atoms with van der Waals surface area (Å²) in [6.45, 7) is 0.375. The van der Waals surface area contributed by atoms with Crippen LogP contribution in [0, 0.1) is 5.92 Å². The van der Waals surface area contributed by atoms with E-state index in [9.17, 15) is 13.5 Å². The molecule has 0 saturated heterocycles. The van der Waals surface area contributed by atoms with E-state index >= 15 is 0 Å². The van der Waals surface area contributed by atoms with Crippen LogP contribution >= 0.6 is 0 Å². The number of hydrogen-bond acceptors (Lipinski definition) is 4. The second-order valence-electron chi connectivity index (χ2n) is 4.08. The maximum atomic E-state index is 11.2. The second kappa shape index (κ2) is 3.61. The van der Waals surface area contributed by atoms with Gasteiger partial charge in [0, 0.05) is 12.5 Å². The van der Waals surface area contributed by atoms with Gasteiger partial charge in [-0.2, -0.15) is 5.10 Å². The first-order valence-corrected chi connectivity index (χ1v) is 6.76. The fourth-order valence-corrected chi connectivity index (χ4v) is 2.01. The van der Waals surface area contributed by atoms with Crippen LogP contribution in [0.5, 0.6) is 0 Å². The van der Waals surface area contributed by atoms with Crippen LogP contribution in [0.2, 0.25) is 0 Å². The molecule has 1 aliphatic rings. The van der Waals surface area contributed by atoms with E-state index in [1.165, 1.54) is 17.1 Å². The Morgan fingerprint density at radius 1 is 1.67 bits per heavy atom. The van der Waals surface area contributed by atoms with Gasteiger partial charge in [-0.25, -0.2) is 8.42 Å². The third-order valence-electron chi connectivity index (χ3n) is 2.58. The Labute approximate surface area is 88.6 Å². The molecule has 1 N–H and O–H groups in total. The van der Waals surface area contributed by atoms with E-state index in [-0.39, 0.29) is 4.90 Å². The summed E-state index contributed by atoms with van der Waals surface area (Å²) in [6.07, 6.45) is 5.63. The van der Waals surface area contributed by atoms with Crippen molar-refractivity contribution in [3.05, 3.63) is 12.4 Å². The molecule has 0 aliphatic heterocycles. The first-order chi connectivity index (χ1) is 6.97. The van der Waals surface area contributed by atoms with E-state index in [0.717, 1.165) is 19.1 Å². The fraction of sp³-hybridized carbons (Fsp3) is 0.667. The fourth-order valence-electron chi connectivity index (χ4n) is 1.46. The summed E-state index contributed by atoms with van der Waals surface area (Å²) >= 11 is 0. The Balaban J connectivity index is 2.06. The van der Waals surface area contributed by atoms with Crippen molar-refractivity contribution >= 4 is 9.84 Å². The van der Waals surface area contributed by atoms with Crippen molar-refractivity contribution in [3.63, 3.8) is 0 Å². The van der Waals surface area contributed by atoms with E-state index < -0.39 is 15.9 Å². The second-order valence-corrected chi connectivity index (χ2v) is 6.09. The van der Waals surface area contributed by atoms with Gasteiger partial charge in [0.1, 0.15) is 4.90 Å². The summed E-state index contributed by atoms with van der Waals surface area (Å²) in [5.41, 5.74) is 0. The molecule has 0 amide bonds. The van der Waals surface area contributed by atoms with Crippen molar-refractivity contribution in [3.8, 4) is 0 Å². The summed E-state index contributed by atoms with van der Waals surface area (Å²) in [5.74, 6) is 0.371. The summed E-state index contributed by atoms with van der Waals surface area (Å²) in [4.78, 5) is 0.200. The molecular formula is C9H14N2O3S. The molecule has 1 unspecified atom stereocenters. The van der Waals surface area contributed by atoms with Crippen LogP contribution in [0.3, 0.4) is 0 Å². The average Bonchev–Trinajstić information content (AvgIpc) is 2.86. The van der Waals surface area contributed by atoms with Crippen LogP contribution in [0.25, 0.3) is 0 Å². The van der Waals surface area contributed by atoms with Gasteiger partial charge in [0.2, 0.25) is 0 Å². The molecular weight excluding hydrogens is 216 g/mol. The largest absolute Gasteiger partial charge is 0.391 e. The number of sulfone groups is 1. The minimum atomic E-state index is -3.19. The molecule has 0 bridgehead atoms. The maximum Gasteiger partial charge on any atom is 0.178 e. The van der Waals surface area contributed by atoms with Gasteiger partial charge in [0.15, 0.2) is 9.84 Å². The highest BCUT2D eigenvalue weighted by Crippen LogP contribution is 2.33. The molecule has 1 heterocycles. The van der Waals surface area contributed by atoms with E-state index in [1.807, 2.05) is 0 Å². The van der Waals surface area contributed by atoms with E-state index in [2.05, 4.69) is 5.10 Å². The van der Waals surface area contributed by atoms with Gasteiger partial charge in [0.05, 0.1) is 18.8 Å². The van der Waals surface area contributed by atoms with Crippen molar-refractivity contribution in [2.45, 2.75) is 30.4 Å². The van der Waals surface area contributed by atoms with Gasteiger partial charge in [-0.3, -0.25) is 4.68 Å². The molecule has 1 saturated carbocycles. The van der Waals surface area contributed by atoms with Crippen molar-refractivity contribution in [1.82, 2.24) is 9.78 Å². The van der Waals surface area contributed by atoms with Crippen molar-refractivity contribution in [1.29, 1.82) is 0 Å². The lowest BCUT2D eigenvalue weighted by Crippen LogP contribution is -2.18. The maximum absolute atomic E-state index is 11.2. The zero-order chi connectivity index (χ0) is 11.1. The summed E-state index contributed by atoms with van der Waals surface area (Å²) < 4.78 is 23.8. The highest BCUT2D eigenvalue weighted by Gasteiger charge is 2.30. The monoisotopic (exact) mass is 230 g/mol. The van der Waals surface area contributed by atoms with Crippen LogP contribution in [0.15, 0.2) is 17.3 Å². The molecule has 1 atom stereocenters. The molecule has 6 heteroatoms. The number of hydrogen-bond donors (Lipinski definition) is 1. The van der Waals surface area contributed by atoms with Crippen LogP contribution in [-0.2, 0) is 16.4 Å². The number of nitrogens with zero attached hydrogens (tertiary/aromatic N) is 2. The standard InChI is InChI=1S/C9H14N2O3S/c1-15(13,14)8-4-10-11(5-8)6-9(12)7-2-3-7/h4-5,7,9,12H,2-3,6H2,1H3. The zero-order valence-corrected chi connectivity index (χ0v) is 9.31. The van der Waals surface area contributed by atoms with Gasteiger partial charge >= 0.3 is 0 Å². The van der Waals surface area contributed by atoms with Crippen molar-refractivity contribution in [2.75, 3.05) is 6.26 Å². The molecule has 1 aromatic rings. The Hall–Kier alpha value is -0.880. The van der Waals surface area contributed by atoms with Crippen molar-refractivity contribution in [2.24, 2.45) is 5.92 Å². The molecule has 1 aliphatic carbocycles. The van der Waals surface area contributed by atoms with Crippen LogP contribution < -0.4 is 0 Å². The Kier molecular flexibility index (Phi) is 2.56. The Morgan fingerprint density at radius 3 is 2.80 bits per heavy atom. The smallest absolute Gasteiger partial charge is 0.178 e. The summed E-state index contributed by atoms with van der Waals surface area (Å²) in [7, 11) is -3.19. The average molecular weight is 230 g/mol. The van der Waals surface area contributed by atoms with Crippen LogP contribution in [-0.4, -0.2) is 35.7 Å². The molecule has 1 aromatic heterocycles. The molecule has 0 spiro atoms.